The van der Waals surface area contributed by atoms with Crippen molar-refractivity contribution in [1.29, 1.82) is 0 Å². The maximum absolute atomic E-state index is 12.9. The highest BCUT2D eigenvalue weighted by molar-refractivity contribution is 7.89. The number of carbonyl (C=O) groups excluding carboxylic acids is 2. The summed E-state index contributed by atoms with van der Waals surface area (Å²) < 4.78 is 26.9. The number of benzene rings is 2. The first-order valence-electron chi connectivity index (χ1n) is 9.94. The van der Waals surface area contributed by atoms with Crippen molar-refractivity contribution in [1.82, 2.24) is 14.5 Å². The fourth-order valence-electron chi connectivity index (χ4n) is 3.52. The molecule has 0 bridgehead atoms. The molecule has 0 saturated carbocycles. The van der Waals surface area contributed by atoms with Crippen LogP contribution in [0.15, 0.2) is 59.5 Å². The lowest BCUT2D eigenvalue weighted by atomic mass is 10.0. The van der Waals surface area contributed by atoms with Crippen LogP contribution in [0.5, 0.6) is 0 Å². The predicted molar refractivity (Wildman–Crippen MR) is 114 cm³/mol. The monoisotopic (exact) mass is 429 g/mol. The van der Waals surface area contributed by atoms with E-state index >= 15 is 0 Å². The molecule has 0 aromatic heterocycles. The van der Waals surface area contributed by atoms with Gasteiger partial charge in [-0.1, -0.05) is 48.0 Å². The molecule has 0 radical (unpaired) electrons. The number of nitrogens with one attached hydrogen (secondary N) is 1. The number of sulfonamides is 1. The average Bonchev–Trinajstić information content (AvgIpc) is 2.74. The summed E-state index contributed by atoms with van der Waals surface area (Å²) in [5.74, 6) is -0.307. The molecule has 1 fully saturated rings. The Morgan fingerprint density at radius 2 is 1.57 bits per heavy atom. The Balaban J connectivity index is 1.63. The van der Waals surface area contributed by atoms with Crippen molar-refractivity contribution in [2.45, 2.75) is 31.2 Å². The lowest BCUT2D eigenvalue weighted by molar-refractivity contribution is -0.133. The second kappa shape index (κ2) is 9.40. The van der Waals surface area contributed by atoms with E-state index in [2.05, 4.69) is 5.32 Å². The molecule has 2 aromatic rings. The van der Waals surface area contributed by atoms with Gasteiger partial charge in [0.05, 0.1) is 17.4 Å². The summed E-state index contributed by atoms with van der Waals surface area (Å²) in [5, 5.41) is 2.85. The van der Waals surface area contributed by atoms with Gasteiger partial charge in [0.2, 0.25) is 21.8 Å². The molecule has 1 heterocycles. The normalized spacial score (nSPS) is 16.1. The Kier molecular flexibility index (Phi) is 6.89. The minimum absolute atomic E-state index is 0.105. The summed E-state index contributed by atoms with van der Waals surface area (Å²) in [5.41, 5.74) is 1.97. The Bertz CT molecular complexity index is 983. The maximum Gasteiger partial charge on any atom is 0.243 e. The Labute approximate surface area is 177 Å². The summed E-state index contributed by atoms with van der Waals surface area (Å²) in [4.78, 5) is 26.4. The molecule has 1 saturated heterocycles. The molecule has 2 amide bonds. The number of rotatable bonds is 6. The number of carbonyl (C=O) groups is 2. The van der Waals surface area contributed by atoms with Gasteiger partial charge in [0.25, 0.3) is 0 Å². The fourth-order valence-corrected chi connectivity index (χ4v) is 4.96. The summed E-state index contributed by atoms with van der Waals surface area (Å²) >= 11 is 0. The minimum Gasteiger partial charge on any atom is -0.349 e. The molecule has 0 aliphatic carbocycles. The van der Waals surface area contributed by atoms with Crippen molar-refractivity contribution >= 4 is 21.8 Å². The van der Waals surface area contributed by atoms with Gasteiger partial charge >= 0.3 is 0 Å². The highest BCUT2D eigenvalue weighted by Crippen LogP contribution is 2.21. The first kappa shape index (κ1) is 22.0. The molecular weight excluding hydrogens is 402 g/mol. The molecule has 3 rings (SSSR count). The fraction of sp³-hybridized carbons (Fsp3) is 0.364. The molecule has 160 valence electrons. The molecule has 30 heavy (non-hydrogen) atoms. The quantitative estimate of drug-likeness (QED) is 0.762. The van der Waals surface area contributed by atoms with Gasteiger partial charge in [-0.25, -0.2) is 8.42 Å². The van der Waals surface area contributed by atoms with Gasteiger partial charge < -0.3 is 10.2 Å². The second-order valence-corrected chi connectivity index (χ2v) is 9.40. The van der Waals surface area contributed by atoms with E-state index in [1.807, 2.05) is 31.2 Å². The first-order valence-corrected chi connectivity index (χ1v) is 11.4. The van der Waals surface area contributed by atoms with Crippen LogP contribution < -0.4 is 5.32 Å². The number of amides is 2. The Morgan fingerprint density at radius 1 is 0.967 bits per heavy atom. The van der Waals surface area contributed by atoms with Crippen LogP contribution >= 0.6 is 0 Å². The van der Waals surface area contributed by atoms with Crippen molar-refractivity contribution in [3.05, 3.63) is 65.7 Å². The van der Waals surface area contributed by atoms with Crippen LogP contribution in [0, 0.1) is 6.92 Å². The van der Waals surface area contributed by atoms with Gasteiger partial charge in [-0.05, 0) is 24.6 Å². The smallest absolute Gasteiger partial charge is 0.243 e. The van der Waals surface area contributed by atoms with Crippen LogP contribution in [-0.2, 0) is 19.6 Å². The second-order valence-electron chi connectivity index (χ2n) is 7.47. The standard InChI is InChI=1S/C22H27N3O4S/c1-17-8-10-19(11-9-17)21(23-18(2)26)16-22(27)24-12-14-25(15-13-24)30(28,29)20-6-4-3-5-7-20/h3-11,21H,12-16H2,1-2H3,(H,23,26). The van der Waals surface area contributed by atoms with Crippen molar-refractivity contribution < 1.29 is 18.0 Å². The molecule has 7 nitrogen and oxygen atoms in total. The largest absolute Gasteiger partial charge is 0.349 e. The number of piperazine rings is 1. The zero-order valence-electron chi connectivity index (χ0n) is 17.2. The lowest BCUT2D eigenvalue weighted by Crippen LogP contribution is -2.51. The molecule has 1 unspecified atom stereocenters. The van der Waals surface area contributed by atoms with Crippen LogP contribution in [0.1, 0.15) is 30.5 Å². The van der Waals surface area contributed by atoms with Crippen LogP contribution in [0.25, 0.3) is 0 Å². The third-order valence-corrected chi connectivity index (χ3v) is 7.12. The van der Waals surface area contributed by atoms with Gasteiger partial charge in [0, 0.05) is 33.1 Å². The third kappa shape index (κ3) is 5.25. The van der Waals surface area contributed by atoms with Crippen LogP contribution in [0.2, 0.25) is 0 Å². The van der Waals surface area contributed by atoms with E-state index < -0.39 is 16.1 Å². The number of hydrogen-bond donors (Lipinski definition) is 1. The molecule has 8 heteroatoms. The zero-order chi connectivity index (χ0) is 21.7. The summed E-state index contributed by atoms with van der Waals surface area (Å²) in [6, 6.07) is 15.6. The topological polar surface area (TPSA) is 86.8 Å². The predicted octanol–water partition coefficient (Wildman–Crippen LogP) is 2.10. The van der Waals surface area contributed by atoms with E-state index in [9.17, 15) is 18.0 Å². The van der Waals surface area contributed by atoms with E-state index in [4.69, 9.17) is 0 Å². The van der Waals surface area contributed by atoms with Crippen molar-refractivity contribution in [2.24, 2.45) is 0 Å². The first-order chi connectivity index (χ1) is 14.3. The highest BCUT2D eigenvalue weighted by atomic mass is 32.2. The van der Waals surface area contributed by atoms with Gasteiger partial charge in [0.15, 0.2) is 0 Å². The lowest BCUT2D eigenvalue weighted by Gasteiger charge is -2.34. The van der Waals surface area contributed by atoms with Gasteiger partial charge in [0.1, 0.15) is 0 Å². The van der Waals surface area contributed by atoms with Crippen molar-refractivity contribution in [3.63, 3.8) is 0 Å². The number of hydrogen-bond acceptors (Lipinski definition) is 4. The number of aryl methyl sites for hydroxylation is 1. The van der Waals surface area contributed by atoms with Gasteiger partial charge in [-0.15, -0.1) is 0 Å². The summed E-state index contributed by atoms with van der Waals surface area (Å²) in [7, 11) is -3.56. The molecule has 1 atom stereocenters. The van der Waals surface area contributed by atoms with Crippen molar-refractivity contribution in [2.75, 3.05) is 26.2 Å². The Hall–Kier alpha value is -2.71. The summed E-state index contributed by atoms with van der Waals surface area (Å²) in [6.45, 7) is 4.55. The van der Waals surface area contributed by atoms with E-state index in [1.54, 1.807) is 35.2 Å². The molecule has 0 spiro atoms. The van der Waals surface area contributed by atoms with Crippen molar-refractivity contribution in [3.8, 4) is 0 Å². The third-order valence-electron chi connectivity index (χ3n) is 5.21. The van der Waals surface area contributed by atoms with Crippen LogP contribution in [-0.4, -0.2) is 55.6 Å². The van der Waals surface area contributed by atoms with E-state index in [0.29, 0.717) is 13.1 Å². The van der Waals surface area contributed by atoms with E-state index in [-0.39, 0.29) is 36.2 Å². The average molecular weight is 430 g/mol. The molecule has 1 aliphatic heterocycles. The SMILES string of the molecule is CC(=O)NC(CC(=O)N1CCN(S(=O)(=O)c2ccccc2)CC1)c1ccc(C)cc1. The van der Waals surface area contributed by atoms with Gasteiger partial charge in [-0.3, -0.25) is 9.59 Å². The molecule has 2 aromatic carbocycles. The highest BCUT2D eigenvalue weighted by Gasteiger charge is 2.31. The molecular formula is C22H27N3O4S. The number of nitrogens with zero attached hydrogens (tertiary/aromatic N) is 2. The molecule has 1 N–H and O–H groups in total. The van der Waals surface area contributed by atoms with E-state index in [1.165, 1.54) is 11.2 Å². The van der Waals surface area contributed by atoms with Crippen LogP contribution in [0.4, 0.5) is 0 Å². The Morgan fingerprint density at radius 3 is 2.13 bits per heavy atom. The summed E-state index contributed by atoms with van der Waals surface area (Å²) in [6.07, 6.45) is 0.133. The zero-order valence-corrected chi connectivity index (χ0v) is 18.1. The maximum atomic E-state index is 12.9. The molecule has 1 aliphatic rings. The van der Waals surface area contributed by atoms with Gasteiger partial charge in [-0.2, -0.15) is 4.31 Å². The minimum atomic E-state index is -3.56. The van der Waals surface area contributed by atoms with Crippen LogP contribution in [0.3, 0.4) is 0 Å². The van der Waals surface area contributed by atoms with E-state index in [0.717, 1.165) is 11.1 Å².